The van der Waals surface area contributed by atoms with Gasteiger partial charge in [0.15, 0.2) is 0 Å². The van der Waals surface area contributed by atoms with Crippen molar-refractivity contribution in [3.63, 3.8) is 0 Å². The van der Waals surface area contributed by atoms with Crippen molar-refractivity contribution in [2.24, 2.45) is 0 Å². The SMILES string of the molecule is COc1cc(OC)cc(C(=O)Nc2ccc(C)c(C(F)(F)F)c2)c1. The van der Waals surface area contributed by atoms with Crippen molar-refractivity contribution in [2.45, 2.75) is 13.1 Å². The topological polar surface area (TPSA) is 47.6 Å². The average Bonchev–Trinajstić information content (AvgIpc) is 2.54. The van der Waals surface area contributed by atoms with Crippen LogP contribution in [-0.4, -0.2) is 20.1 Å². The van der Waals surface area contributed by atoms with Gasteiger partial charge in [-0.1, -0.05) is 6.07 Å². The molecule has 128 valence electrons. The van der Waals surface area contributed by atoms with Gasteiger partial charge in [0.05, 0.1) is 19.8 Å². The lowest BCUT2D eigenvalue weighted by atomic mass is 10.1. The van der Waals surface area contributed by atoms with E-state index < -0.39 is 17.6 Å². The van der Waals surface area contributed by atoms with Gasteiger partial charge in [-0.05, 0) is 36.8 Å². The van der Waals surface area contributed by atoms with E-state index >= 15 is 0 Å². The van der Waals surface area contributed by atoms with E-state index in [1.165, 1.54) is 45.4 Å². The minimum Gasteiger partial charge on any atom is -0.497 e. The maximum absolute atomic E-state index is 12.9. The first-order valence-electron chi connectivity index (χ1n) is 6.97. The highest BCUT2D eigenvalue weighted by Crippen LogP contribution is 2.33. The van der Waals surface area contributed by atoms with Crippen molar-refractivity contribution in [3.05, 3.63) is 53.1 Å². The Hall–Kier alpha value is -2.70. The molecule has 7 heteroatoms. The van der Waals surface area contributed by atoms with Crippen molar-refractivity contribution in [1.82, 2.24) is 0 Å². The normalized spacial score (nSPS) is 11.1. The number of methoxy groups -OCH3 is 2. The molecule has 0 saturated carbocycles. The molecule has 0 unspecified atom stereocenters. The Morgan fingerprint density at radius 1 is 1.00 bits per heavy atom. The minimum absolute atomic E-state index is 0.0553. The first-order chi connectivity index (χ1) is 11.2. The van der Waals surface area contributed by atoms with E-state index in [9.17, 15) is 18.0 Å². The molecule has 0 aliphatic rings. The summed E-state index contributed by atoms with van der Waals surface area (Å²) < 4.78 is 49.0. The van der Waals surface area contributed by atoms with Crippen LogP contribution < -0.4 is 14.8 Å². The Balaban J connectivity index is 2.30. The Morgan fingerprint density at radius 3 is 2.08 bits per heavy atom. The summed E-state index contributed by atoms with van der Waals surface area (Å²) >= 11 is 0. The highest BCUT2D eigenvalue weighted by Gasteiger charge is 2.32. The smallest absolute Gasteiger partial charge is 0.416 e. The number of hydrogen-bond donors (Lipinski definition) is 1. The molecule has 1 N–H and O–H groups in total. The zero-order valence-electron chi connectivity index (χ0n) is 13.3. The number of alkyl halides is 3. The van der Waals surface area contributed by atoms with E-state index in [1.807, 2.05) is 0 Å². The Labute approximate surface area is 137 Å². The number of nitrogens with one attached hydrogen (secondary N) is 1. The number of carbonyl (C=O) groups is 1. The summed E-state index contributed by atoms with van der Waals surface area (Å²) in [6, 6.07) is 8.16. The van der Waals surface area contributed by atoms with Crippen molar-refractivity contribution < 1.29 is 27.4 Å². The third-order valence-electron chi connectivity index (χ3n) is 3.41. The maximum atomic E-state index is 12.9. The van der Waals surface area contributed by atoms with E-state index in [1.54, 1.807) is 6.07 Å². The molecule has 0 bridgehead atoms. The van der Waals surface area contributed by atoms with E-state index in [0.717, 1.165) is 6.07 Å². The summed E-state index contributed by atoms with van der Waals surface area (Å²) in [5.74, 6) is 0.239. The fourth-order valence-electron chi connectivity index (χ4n) is 2.15. The van der Waals surface area contributed by atoms with Crippen LogP contribution in [0.1, 0.15) is 21.5 Å². The second-order valence-electron chi connectivity index (χ2n) is 5.08. The van der Waals surface area contributed by atoms with Gasteiger partial charge in [-0.3, -0.25) is 4.79 Å². The van der Waals surface area contributed by atoms with Gasteiger partial charge >= 0.3 is 6.18 Å². The number of hydrogen-bond acceptors (Lipinski definition) is 3. The molecule has 0 radical (unpaired) electrons. The van der Waals surface area contributed by atoms with E-state index in [2.05, 4.69) is 5.32 Å². The standard InChI is InChI=1S/C17H16F3NO3/c1-10-4-5-12(8-15(10)17(18,19)20)21-16(22)11-6-13(23-2)9-14(7-11)24-3/h4-9H,1-3H3,(H,21,22). The Kier molecular flexibility index (Phi) is 5.02. The first kappa shape index (κ1) is 17.7. The third kappa shape index (κ3) is 3.98. The van der Waals surface area contributed by atoms with Gasteiger partial charge in [0.25, 0.3) is 5.91 Å². The van der Waals surface area contributed by atoms with Crippen molar-refractivity contribution in [1.29, 1.82) is 0 Å². The van der Waals surface area contributed by atoms with Gasteiger partial charge in [-0.2, -0.15) is 13.2 Å². The van der Waals surface area contributed by atoms with Crippen LogP contribution in [0.3, 0.4) is 0 Å². The van der Waals surface area contributed by atoms with Crippen molar-refractivity contribution >= 4 is 11.6 Å². The van der Waals surface area contributed by atoms with Crippen LogP contribution in [0.2, 0.25) is 0 Å². The molecule has 2 aromatic rings. The number of amides is 1. The molecule has 4 nitrogen and oxygen atoms in total. The molecular formula is C17H16F3NO3. The quantitative estimate of drug-likeness (QED) is 0.904. The Bertz CT molecular complexity index is 735. The fourth-order valence-corrected chi connectivity index (χ4v) is 2.15. The molecule has 0 spiro atoms. The van der Waals surface area contributed by atoms with Crippen molar-refractivity contribution in [3.8, 4) is 11.5 Å². The molecule has 2 aromatic carbocycles. The van der Waals surface area contributed by atoms with Crippen LogP contribution in [0.15, 0.2) is 36.4 Å². The van der Waals surface area contributed by atoms with Crippen LogP contribution in [0.25, 0.3) is 0 Å². The molecule has 1 amide bonds. The van der Waals surface area contributed by atoms with Gasteiger partial charge in [0, 0.05) is 17.3 Å². The van der Waals surface area contributed by atoms with Gasteiger partial charge in [0.1, 0.15) is 11.5 Å². The number of anilines is 1. The summed E-state index contributed by atoms with van der Waals surface area (Å²) in [5.41, 5.74) is -0.438. The van der Waals surface area contributed by atoms with Gasteiger partial charge in [0.2, 0.25) is 0 Å². The molecule has 24 heavy (non-hydrogen) atoms. The lowest BCUT2D eigenvalue weighted by molar-refractivity contribution is -0.138. The molecule has 0 heterocycles. The lowest BCUT2D eigenvalue weighted by Crippen LogP contribution is -2.14. The van der Waals surface area contributed by atoms with E-state index in [4.69, 9.17) is 9.47 Å². The molecule has 0 fully saturated rings. The molecule has 0 aromatic heterocycles. The molecule has 0 aliphatic carbocycles. The number of rotatable bonds is 4. The second kappa shape index (κ2) is 6.82. The van der Waals surface area contributed by atoms with Crippen LogP contribution in [0.4, 0.5) is 18.9 Å². The maximum Gasteiger partial charge on any atom is 0.416 e. The summed E-state index contributed by atoms with van der Waals surface area (Å²) in [5, 5.41) is 2.45. The van der Waals surface area contributed by atoms with Gasteiger partial charge in [-0.15, -0.1) is 0 Å². The summed E-state index contributed by atoms with van der Waals surface area (Å²) in [4.78, 5) is 12.3. The molecular weight excluding hydrogens is 323 g/mol. The lowest BCUT2D eigenvalue weighted by Gasteiger charge is -2.13. The summed E-state index contributed by atoms with van der Waals surface area (Å²) in [6.45, 7) is 1.36. The number of benzene rings is 2. The van der Waals surface area contributed by atoms with Gasteiger partial charge < -0.3 is 14.8 Å². The zero-order chi connectivity index (χ0) is 17.9. The molecule has 2 rings (SSSR count). The van der Waals surface area contributed by atoms with Crippen LogP contribution in [-0.2, 0) is 6.18 Å². The number of halogens is 3. The van der Waals surface area contributed by atoms with Gasteiger partial charge in [-0.25, -0.2) is 0 Å². The predicted octanol–water partition coefficient (Wildman–Crippen LogP) is 4.28. The second-order valence-corrected chi connectivity index (χ2v) is 5.08. The fraction of sp³-hybridized carbons (Fsp3) is 0.235. The summed E-state index contributed by atoms with van der Waals surface area (Å²) in [6.07, 6.45) is -4.48. The zero-order valence-corrected chi connectivity index (χ0v) is 13.3. The van der Waals surface area contributed by atoms with Crippen LogP contribution >= 0.6 is 0 Å². The summed E-state index contributed by atoms with van der Waals surface area (Å²) in [7, 11) is 2.87. The highest BCUT2D eigenvalue weighted by molar-refractivity contribution is 6.04. The first-order valence-corrected chi connectivity index (χ1v) is 6.97. The average molecular weight is 339 g/mol. The minimum atomic E-state index is -4.48. The van der Waals surface area contributed by atoms with E-state index in [0.29, 0.717) is 11.5 Å². The predicted molar refractivity (Wildman–Crippen MR) is 83.7 cm³/mol. The molecule has 0 aliphatic heterocycles. The molecule has 0 atom stereocenters. The van der Waals surface area contributed by atoms with E-state index in [-0.39, 0.29) is 16.8 Å². The van der Waals surface area contributed by atoms with Crippen LogP contribution in [0, 0.1) is 6.92 Å². The molecule has 0 saturated heterocycles. The van der Waals surface area contributed by atoms with Crippen LogP contribution in [0.5, 0.6) is 11.5 Å². The monoisotopic (exact) mass is 339 g/mol. The van der Waals surface area contributed by atoms with Crippen molar-refractivity contribution in [2.75, 3.05) is 19.5 Å². The Morgan fingerprint density at radius 2 is 1.58 bits per heavy atom. The number of ether oxygens (including phenoxy) is 2. The highest BCUT2D eigenvalue weighted by atomic mass is 19.4. The third-order valence-corrected chi connectivity index (χ3v) is 3.41. The number of aryl methyl sites for hydroxylation is 1. The number of carbonyl (C=O) groups excluding carboxylic acids is 1. The largest absolute Gasteiger partial charge is 0.497 e.